The van der Waals surface area contributed by atoms with E-state index < -0.39 is 6.09 Å². The number of carbonyl (C=O) groups is 2. The van der Waals surface area contributed by atoms with Crippen LogP contribution in [0.15, 0.2) is 48.5 Å². The molecule has 21 heavy (non-hydrogen) atoms. The van der Waals surface area contributed by atoms with Crippen LogP contribution < -0.4 is 10.5 Å². The predicted octanol–water partition coefficient (Wildman–Crippen LogP) is 2.25. The van der Waals surface area contributed by atoms with E-state index in [0.29, 0.717) is 22.2 Å². The van der Waals surface area contributed by atoms with Crippen molar-refractivity contribution in [2.24, 2.45) is 5.73 Å². The summed E-state index contributed by atoms with van der Waals surface area (Å²) in [6.45, 7) is 0. The highest BCUT2D eigenvalue weighted by molar-refractivity contribution is 6.15. The molecule has 0 aliphatic heterocycles. The van der Waals surface area contributed by atoms with Gasteiger partial charge in [-0.25, -0.2) is 4.79 Å². The van der Waals surface area contributed by atoms with E-state index in [1.165, 1.54) is 0 Å². The molecule has 0 fully saturated rings. The van der Waals surface area contributed by atoms with E-state index in [1.807, 2.05) is 6.07 Å². The summed E-state index contributed by atoms with van der Waals surface area (Å²) in [5.41, 5.74) is 6.96. The number of imidazole rings is 1. The lowest BCUT2D eigenvalue weighted by Crippen LogP contribution is -2.16. The second kappa shape index (κ2) is 5.09. The highest BCUT2D eigenvalue weighted by Gasteiger charge is 2.16. The molecule has 1 amide bonds. The molecule has 2 aromatic carbocycles. The van der Waals surface area contributed by atoms with Crippen LogP contribution in [-0.2, 0) is 0 Å². The van der Waals surface area contributed by atoms with Gasteiger partial charge in [0.2, 0.25) is 0 Å². The number of ketones is 1. The number of H-pyrrole nitrogens is 1. The maximum Gasteiger partial charge on any atom is 0.412 e. The van der Waals surface area contributed by atoms with E-state index in [4.69, 9.17) is 10.5 Å². The number of carbonyl (C=O) groups excluding carboxylic acids is 2. The van der Waals surface area contributed by atoms with Crippen LogP contribution in [0.2, 0.25) is 0 Å². The third-order valence-electron chi connectivity index (χ3n) is 2.97. The Kier molecular flexibility index (Phi) is 3.12. The van der Waals surface area contributed by atoms with Crippen molar-refractivity contribution in [2.45, 2.75) is 0 Å². The number of benzene rings is 2. The smallest absolute Gasteiger partial charge is 0.376 e. The molecule has 1 aromatic heterocycles. The Labute approximate surface area is 119 Å². The number of aromatic amines is 1. The average molecular weight is 281 g/mol. The molecule has 0 atom stereocenters. The van der Waals surface area contributed by atoms with Crippen molar-refractivity contribution in [3.05, 3.63) is 59.7 Å². The third-order valence-corrected chi connectivity index (χ3v) is 2.97. The Morgan fingerprint density at radius 3 is 2.52 bits per heavy atom. The number of hydrogen-bond acceptors (Lipinski definition) is 4. The summed E-state index contributed by atoms with van der Waals surface area (Å²) in [6.07, 6.45) is -0.968. The van der Waals surface area contributed by atoms with Crippen molar-refractivity contribution in [1.82, 2.24) is 9.97 Å². The molecule has 0 saturated heterocycles. The SMILES string of the molecule is NC(=O)Oc1nc2c(C(=O)c3ccccc3)cccc2[nH]1. The van der Waals surface area contributed by atoms with E-state index in [-0.39, 0.29) is 11.8 Å². The first-order chi connectivity index (χ1) is 10.1. The minimum Gasteiger partial charge on any atom is -0.376 e. The largest absolute Gasteiger partial charge is 0.412 e. The second-order valence-electron chi connectivity index (χ2n) is 4.36. The molecule has 1 heterocycles. The zero-order valence-electron chi connectivity index (χ0n) is 10.9. The lowest BCUT2D eigenvalue weighted by Gasteiger charge is -2.01. The van der Waals surface area contributed by atoms with E-state index in [0.717, 1.165) is 0 Å². The van der Waals surface area contributed by atoms with E-state index in [2.05, 4.69) is 9.97 Å². The molecule has 6 nitrogen and oxygen atoms in total. The quantitative estimate of drug-likeness (QED) is 0.719. The molecule has 0 spiro atoms. The summed E-state index contributed by atoms with van der Waals surface area (Å²) in [4.78, 5) is 30.2. The zero-order valence-corrected chi connectivity index (χ0v) is 10.9. The normalized spacial score (nSPS) is 10.5. The summed E-state index contributed by atoms with van der Waals surface area (Å²) >= 11 is 0. The zero-order chi connectivity index (χ0) is 14.8. The number of nitrogens with zero attached hydrogens (tertiary/aromatic N) is 1. The number of amides is 1. The van der Waals surface area contributed by atoms with E-state index in [1.54, 1.807) is 42.5 Å². The summed E-state index contributed by atoms with van der Waals surface area (Å²) in [7, 11) is 0. The van der Waals surface area contributed by atoms with Gasteiger partial charge in [-0.15, -0.1) is 0 Å². The minimum absolute atomic E-state index is 0.0363. The summed E-state index contributed by atoms with van der Waals surface area (Å²) in [6, 6.07) is 14.0. The fourth-order valence-electron chi connectivity index (χ4n) is 2.08. The predicted molar refractivity (Wildman–Crippen MR) is 76.2 cm³/mol. The first kappa shape index (κ1) is 12.9. The van der Waals surface area contributed by atoms with Crippen LogP contribution in [-0.4, -0.2) is 21.8 Å². The van der Waals surface area contributed by atoms with Gasteiger partial charge in [0, 0.05) is 5.56 Å². The molecule has 3 aromatic rings. The topological polar surface area (TPSA) is 98.1 Å². The van der Waals surface area contributed by atoms with Crippen molar-refractivity contribution < 1.29 is 14.3 Å². The lowest BCUT2D eigenvalue weighted by atomic mass is 10.0. The van der Waals surface area contributed by atoms with Crippen LogP contribution in [0.3, 0.4) is 0 Å². The van der Waals surface area contributed by atoms with Crippen LogP contribution in [0.4, 0.5) is 4.79 Å². The number of primary amides is 1. The standard InChI is InChI=1S/C15H11N3O3/c16-14(20)21-15-17-11-8-4-7-10(12(11)18-15)13(19)9-5-2-1-3-6-9/h1-8H,(H2,16,20)(H,17,18). The average Bonchev–Trinajstić information content (AvgIpc) is 2.88. The van der Waals surface area contributed by atoms with Gasteiger partial charge in [0.1, 0.15) is 5.52 Å². The summed E-state index contributed by atoms with van der Waals surface area (Å²) in [5.74, 6) is -0.154. The molecule has 6 heteroatoms. The van der Waals surface area contributed by atoms with Gasteiger partial charge >= 0.3 is 12.1 Å². The van der Waals surface area contributed by atoms with Gasteiger partial charge in [0.15, 0.2) is 5.78 Å². The van der Waals surface area contributed by atoms with Crippen molar-refractivity contribution in [2.75, 3.05) is 0 Å². The van der Waals surface area contributed by atoms with Gasteiger partial charge in [-0.1, -0.05) is 36.4 Å². The molecule has 0 aliphatic carbocycles. The number of para-hydroxylation sites is 1. The van der Waals surface area contributed by atoms with Crippen LogP contribution in [0.1, 0.15) is 15.9 Å². The number of aromatic nitrogens is 2. The molecule has 0 aliphatic rings. The van der Waals surface area contributed by atoms with E-state index >= 15 is 0 Å². The Balaban J connectivity index is 2.08. The Morgan fingerprint density at radius 1 is 1.05 bits per heavy atom. The molecule has 3 rings (SSSR count). The summed E-state index contributed by atoms with van der Waals surface area (Å²) in [5, 5.41) is 0. The number of ether oxygens (including phenoxy) is 1. The van der Waals surface area contributed by atoms with Crippen LogP contribution in [0.25, 0.3) is 11.0 Å². The highest BCUT2D eigenvalue weighted by atomic mass is 16.6. The van der Waals surface area contributed by atoms with Crippen LogP contribution in [0.5, 0.6) is 6.01 Å². The molecular weight excluding hydrogens is 270 g/mol. The van der Waals surface area contributed by atoms with Crippen LogP contribution >= 0.6 is 0 Å². The molecule has 0 bridgehead atoms. The Bertz CT molecular complexity index is 825. The number of hydrogen-bond donors (Lipinski definition) is 2. The van der Waals surface area contributed by atoms with Crippen molar-refractivity contribution in [3.8, 4) is 6.01 Å². The molecule has 104 valence electrons. The maximum atomic E-state index is 12.5. The first-order valence-electron chi connectivity index (χ1n) is 6.21. The van der Waals surface area contributed by atoms with Crippen molar-refractivity contribution in [3.63, 3.8) is 0 Å². The fraction of sp³-hybridized carbons (Fsp3) is 0. The second-order valence-corrected chi connectivity index (χ2v) is 4.36. The maximum absolute atomic E-state index is 12.5. The number of nitrogens with one attached hydrogen (secondary N) is 1. The number of nitrogens with two attached hydrogens (primary N) is 1. The molecular formula is C15H11N3O3. The minimum atomic E-state index is -0.968. The molecule has 0 saturated carbocycles. The van der Waals surface area contributed by atoms with Gasteiger partial charge < -0.3 is 15.5 Å². The van der Waals surface area contributed by atoms with Gasteiger partial charge in [0.25, 0.3) is 0 Å². The van der Waals surface area contributed by atoms with Crippen LogP contribution in [0, 0.1) is 0 Å². The first-order valence-corrected chi connectivity index (χ1v) is 6.21. The third kappa shape index (κ3) is 2.46. The van der Waals surface area contributed by atoms with Crippen molar-refractivity contribution in [1.29, 1.82) is 0 Å². The Hall–Kier alpha value is -3.15. The van der Waals surface area contributed by atoms with Gasteiger partial charge in [0.05, 0.1) is 11.1 Å². The van der Waals surface area contributed by atoms with Crippen molar-refractivity contribution >= 4 is 22.9 Å². The molecule has 3 N–H and O–H groups in total. The van der Waals surface area contributed by atoms with Gasteiger partial charge in [-0.05, 0) is 12.1 Å². The number of fused-ring (bicyclic) bond motifs is 1. The highest BCUT2D eigenvalue weighted by Crippen LogP contribution is 2.22. The van der Waals surface area contributed by atoms with Gasteiger partial charge in [-0.3, -0.25) is 4.79 Å². The molecule has 0 radical (unpaired) electrons. The molecule has 0 unspecified atom stereocenters. The lowest BCUT2D eigenvalue weighted by molar-refractivity contribution is 0.104. The Morgan fingerprint density at radius 2 is 1.81 bits per heavy atom. The fourth-order valence-corrected chi connectivity index (χ4v) is 2.08. The summed E-state index contributed by atoms with van der Waals surface area (Å²) < 4.78 is 4.70. The van der Waals surface area contributed by atoms with E-state index in [9.17, 15) is 9.59 Å². The van der Waals surface area contributed by atoms with Gasteiger partial charge in [-0.2, -0.15) is 4.98 Å². The monoisotopic (exact) mass is 281 g/mol. The number of rotatable bonds is 3.